The van der Waals surface area contributed by atoms with Crippen LogP contribution in [0.5, 0.6) is 0 Å². The van der Waals surface area contributed by atoms with Gasteiger partial charge in [-0.1, -0.05) is 38.5 Å². The van der Waals surface area contributed by atoms with Gasteiger partial charge >= 0.3 is 23.9 Å². The van der Waals surface area contributed by atoms with Crippen molar-refractivity contribution in [3.8, 4) is 0 Å². The van der Waals surface area contributed by atoms with Gasteiger partial charge in [-0.05, 0) is 64.5 Å². The average molecular weight is 611 g/mol. The molecule has 2 saturated carbocycles. The average Bonchev–Trinajstić information content (AvgIpc) is 3.56. The minimum absolute atomic E-state index is 0.0442. The summed E-state index contributed by atoms with van der Waals surface area (Å²) in [5.74, 6) is -2.47. The first-order valence-corrected chi connectivity index (χ1v) is 15.6. The number of ether oxygens (including phenoxy) is 4. The Bertz CT molecular complexity index is 1400. The Morgan fingerprint density at radius 3 is 2.09 bits per heavy atom. The molecule has 4 aliphatic rings. The number of hydrogen-bond donors (Lipinski definition) is 0. The molecular weight excluding hydrogens is 564 g/mol. The van der Waals surface area contributed by atoms with Gasteiger partial charge in [0.1, 0.15) is 23.9 Å². The van der Waals surface area contributed by atoms with E-state index >= 15 is 0 Å². The maximum atomic E-state index is 13.5. The molecule has 5 rings (SSSR count). The fraction of sp³-hybridized carbons (Fsp3) is 0.657. The Balaban J connectivity index is 1.76. The molecule has 9 atom stereocenters. The monoisotopic (exact) mass is 610 g/mol. The summed E-state index contributed by atoms with van der Waals surface area (Å²) >= 11 is 0. The minimum atomic E-state index is -0.969. The SMILES string of the molecule is CC=C(C)C(=O)OC1CC2C(C)(C)OC(=O)CC(OC(C)=O)C2(C)C2CC(OC(C)=O)C3(C)C(=CCC3c3ccoc3)C12C. The van der Waals surface area contributed by atoms with Gasteiger partial charge in [-0.3, -0.25) is 14.4 Å². The van der Waals surface area contributed by atoms with E-state index in [2.05, 4.69) is 26.8 Å². The van der Waals surface area contributed by atoms with Gasteiger partial charge in [-0.15, -0.1) is 0 Å². The first-order valence-electron chi connectivity index (χ1n) is 15.6. The lowest BCUT2D eigenvalue weighted by Gasteiger charge is -2.67. The van der Waals surface area contributed by atoms with Crippen molar-refractivity contribution in [1.82, 2.24) is 0 Å². The Morgan fingerprint density at radius 1 is 0.886 bits per heavy atom. The second-order valence-corrected chi connectivity index (χ2v) is 14.3. The van der Waals surface area contributed by atoms with Crippen molar-refractivity contribution in [2.24, 2.45) is 28.1 Å². The Hall–Kier alpha value is -3.36. The van der Waals surface area contributed by atoms with Crippen LogP contribution < -0.4 is 0 Å². The van der Waals surface area contributed by atoms with Gasteiger partial charge in [0.2, 0.25) is 0 Å². The highest BCUT2D eigenvalue weighted by molar-refractivity contribution is 5.87. The summed E-state index contributed by atoms with van der Waals surface area (Å²) in [6, 6.07) is 1.95. The molecule has 0 bridgehead atoms. The van der Waals surface area contributed by atoms with Crippen molar-refractivity contribution in [1.29, 1.82) is 0 Å². The Kier molecular flexibility index (Phi) is 7.95. The van der Waals surface area contributed by atoms with E-state index in [1.165, 1.54) is 13.8 Å². The second kappa shape index (κ2) is 10.9. The summed E-state index contributed by atoms with van der Waals surface area (Å²) in [5, 5.41) is 0. The summed E-state index contributed by atoms with van der Waals surface area (Å²) < 4.78 is 30.2. The summed E-state index contributed by atoms with van der Waals surface area (Å²) in [4.78, 5) is 51.9. The number of esters is 4. The van der Waals surface area contributed by atoms with Gasteiger partial charge in [-0.25, -0.2) is 4.79 Å². The van der Waals surface area contributed by atoms with Gasteiger partial charge in [-0.2, -0.15) is 0 Å². The van der Waals surface area contributed by atoms with E-state index in [0.29, 0.717) is 24.8 Å². The van der Waals surface area contributed by atoms with Crippen LogP contribution >= 0.6 is 0 Å². The predicted molar refractivity (Wildman–Crippen MR) is 160 cm³/mol. The van der Waals surface area contributed by atoms with Crippen molar-refractivity contribution in [3.05, 3.63) is 47.5 Å². The lowest BCUT2D eigenvalue weighted by atomic mass is 9.39. The highest BCUT2D eigenvalue weighted by Gasteiger charge is 2.73. The number of carbonyl (C=O) groups excluding carboxylic acids is 4. The van der Waals surface area contributed by atoms with E-state index in [-0.39, 0.29) is 24.2 Å². The van der Waals surface area contributed by atoms with Crippen molar-refractivity contribution < 1.29 is 42.5 Å². The van der Waals surface area contributed by atoms with Crippen LogP contribution in [0, 0.1) is 28.1 Å². The zero-order valence-electron chi connectivity index (χ0n) is 27.4. The Labute approximate surface area is 259 Å². The first-order chi connectivity index (χ1) is 20.5. The first kappa shape index (κ1) is 32.0. The minimum Gasteiger partial charge on any atom is -0.472 e. The lowest BCUT2D eigenvalue weighted by Crippen LogP contribution is -2.69. The van der Waals surface area contributed by atoms with Crippen LogP contribution in [-0.2, 0) is 38.1 Å². The van der Waals surface area contributed by atoms with Gasteiger partial charge in [0, 0.05) is 47.5 Å². The highest BCUT2D eigenvalue weighted by atomic mass is 16.6. The maximum Gasteiger partial charge on any atom is 0.333 e. The second-order valence-electron chi connectivity index (χ2n) is 14.3. The fourth-order valence-electron chi connectivity index (χ4n) is 9.70. The standard InChI is InChI=1S/C35H46O9/c1-10-19(2)31(39)43-28-15-25-32(5,6)44-30(38)17-29(42-21(4)37)35(25,9)26-16-27(41-20(3)36)33(7)23(22-13-14-40-18-22)11-12-24(33)34(26,28)8/h10,12-14,18,23,25-29H,11,15-17H2,1-9H3. The summed E-state index contributed by atoms with van der Waals surface area (Å²) in [6.07, 6.45) is 6.76. The molecule has 44 heavy (non-hydrogen) atoms. The molecule has 2 heterocycles. The van der Waals surface area contributed by atoms with Gasteiger partial charge in [0.25, 0.3) is 0 Å². The summed E-state index contributed by atoms with van der Waals surface area (Å²) in [6.45, 7) is 16.4. The third-order valence-electron chi connectivity index (χ3n) is 11.7. The number of furan rings is 1. The molecule has 3 fully saturated rings. The van der Waals surface area contributed by atoms with Crippen LogP contribution in [0.3, 0.4) is 0 Å². The van der Waals surface area contributed by atoms with E-state index in [9.17, 15) is 19.2 Å². The molecule has 9 nitrogen and oxygen atoms in total. The van der Waals surface area contributed by atoms with Gasteiger partial charge < -0.3 is 23.4 Å². The van der Waals surface area contributed by atoms with E-state index in [4.69, 9.17) is 23.4 Å². The van der Waals surface area contributed by atoms with E-state index in [1.807, 2.05) is 19.9 Å². The molecular formula is C35H46O9. The Morgan fingerprint density at radius 2 is 1.50 bits per heavy atom. The van der Waals surface area contributed by atoms with E-state index < -0.39 is 64.0 Å². The van der Waals surface area contributed by atoms with Crippen LogP contribution in [0.15, 0.2) is 46.3 Å². The maximum absolute atomic E-state index is 13.5. The molecule has 240 valence electrons. The van der Waals surface area contributed by atoms with Crippen molar-refractivity contribution in [2.45, 2.75) is 118 Å². The predicted octanol–water partition coefficient (Wildman–Crippen LogP) is 6.22. The van der Waals surface area contributed by atoms with Crippen molar-refractivity contribution >= 4 is 23.9 Å². The van der Waals surface area contributed by atoms with Crippen LogP contribution in [-0.4, -0.2) is 47.8 Å². The zero-order valence-corrected chi connectivity index (χ0v) is 27.4. The number of carbonyl (C=O) groups is 4. The van der Waals surface area contributed by atoms with Crippen molar-refractivity contribution in [3.63, 3.8) is 0 Å². The molecule has 9 heteroatoms. The third kappa shape index (κ3) is 4.72. The summed E-state index contributed by atoms with van der Waals surface area (Å²) in [7, 11) is 0. The number of cyclic esters (lactones) is 1. The van der Waals surface area contributed by atoms with E-state index in [1.54, 1.807) is 32.4 Å². The molecule has 0 aromatic carbocycles. The quantitative estimate of drug-likeness (QED) is 0.166. The van der Waals surface area contributed by atoms with Crippen LogP contribution in [0.4, 0.5) is 0 Å². The molecule has 0 N–H and O–H groups in total. The zero-order chi connectivity index (χ0) is 32.4. The topological polar surface area (TPSA) is 118 Å². The molecule has 9 unspecified atom stereocenters. The lowest BCUT2D eigenvalue weighted by molar-refractivity contribution is -0.237. The van der Waals surface area contributed by atoms with Crippen LogP contribution in [0.1, 0.15) is 99.5 Å². The van der Waals surface area contributed by atoms with Crippen molar-refractivity contribution in [2.75, 3.05) is 0 Å². The normalized spacial score (nSPS) is 39.4. The third-order valence-corrected chi connectivity index (χ3v) is 11.7. The number of fused-ring (bicyclic) bond motifs is 5. The van der Waals surface area contributed by atoms with E-state index in [0.717, 1.165) is 11.1 Å². The smallest absolute Gasteiger partial charge is 0.333 e. The number of allylic oxidation sites excluding steroid dienone is 2. The molecule has 1 saturated heterocycles. The summed E-state index contributed by atoms with van der Waals surface area (Å²) in [5.41, 5.74) is -0.648. The molecule has 0 radical (unpaired) electrons. The molecule has 3 aliphatic carbocycles. The number of hydrogen-bond acceptors (Lipinski definition) is 9. The largest absolute Gasteiger partial charge is 0.472 e. The highest BCUT2D eigenvalue weighted by Crippen LogP contribution is 2.73. The van der Waals surface area contributed by atoms with Crippen LogP contribution in [0.2, 0.25) is 0 Å². The molecule has 1 aromatic heterocycles. The number of rotatable bonds is 5. The van der Waals surface area contributed by atoms with Gasteiger partial charge in [0.15, 0.2) is 0 Å². The van der Waals surface area contributed by atoms with Gasteiger partial charge in [0.05, 0.1) is 18.9 Å². The molecule has 0 amide bonds. The fourth-order valence-corrected chi connectivity index (χ4v) is 9.70. The molecule has 1 aliphatic heterocycles. The van der Waals surface area contributed by atoms with Crippen LogP contribution in [0.25, 0.3) is 0 Å². The molecule has 0 spiro atoms. The molecule has 1 aromatic rings.